The van der Waals surface area contributed by atoms with Gasteiger partial charge in [-0.05, 0) is 54.3 Å². The van der Waals surface area contributed by atoms with Crippen molar-refractivity contribution in [3.05, 3.63) is 59.4 Å². The minimum atomic E-state index is -0.159. The molecule has 0 radical (unpaired) electrons. The number of fused-ring (bicyclic) bond motifs is 1. The van der Waals surface area contributed by atoms with E-state index in [0.717, 1.165) is 24.3 Å². The van der Waals surface area contributed by atoms with Gasteiger partial charge in [0.05, 0.1) is 0 Å². The molecule has 1 aliphatic rings. The normalized spacial score (nSPS) is 13.7. The van der Waals surface area contributed by atoms with Crippen LogP contribution >= 0.6 is 11.8 Å². The number of aryl methyl sites for hydroxylation is 1. The number of thioether (sulfide) groups is 1. The quantitative estimate of drug-likeness (QED) is 0.828. The summed E-state index contributed by atoms with van der Waals surface area (Å²) < 4.78 is 13.1. The van der Waals surface area contributed by atoms with E-state index in [9.17, 15) is 4.39 Å². The Morgan fingerprint density at radius 3 is 3.00 bits per heavy atom. The minimum absolute atomic E-state index is 0.159. The van der Waals surface area contributed by atoms with E-state index in [0.29, 0.717) is 0 Å². The van der Waals surface area contributed by atoms with Crippen molar-refractivity contribution in [2.45, 2.75) is 23.5 Å². The molecule has 2 aromatic carbocycles. The second-order valence-corrected chi connectivity index (χ2v) is 5.82. The largest absolute Gasteiger partial charge is 0.385 e. The van der Waals surface area contributed by atoms with Crippen LogP contribution in [0.25, 0.3) is 0 Å². The van der Waals surface area contributed by atoms with Crippen molar-refractivity contribution in [1.82, 2.24) is 0 Å². The predicted octanol–water partition coefficient (Wildman–Crippen LogP) is 4.48. The molecule has 0 spiro atoms. The van der Waals surface area contributed by atoms with Gasteiger partial charge in [0.1, 0.15) is 5.82 Å². The van der Waals surface area contributed by atoms with Crippen LogP contribution in [0, 0.1) is 5.82 Å². The summed E-state index contributed by atoms with van der Waals surface area (Å²) in [5.41, 5.74) is 3.69. The van der Waals surface area contributed by atoms with Crippen LogP contribution in [0.1, 0.15) is 17.5 Å². The lowest BCUT2D eigenvalue weighted by Gasteiger charge is -2.18. The standard InChI is InChI=1S/C16H16FNS/c17-14-5-1-3-12(9-14)11-19-15-6-7-16-13(10-15)4-2-8-18-16/h1,3,5-7,9-10,18H,2,4,8,11H2. The molecule has 0 aliphatic carbocycles. The first-order valence-corrected chi connectivity index (χ1v) is 7.54. The van der Waals surface area contributed by atoms with E-state index < -0.39 is 0 Å². The zero-order chi connectivity index (χ0) is 13.1. The van der Waals surface area contributed by atoms with E-state index in [1.165, 1.54) is 28.6 Å². The highest BCUT2D eigenvalue weighted by molar-refractivity contribution is 7.98. The fraction of sp³-hybridized carbons (Fsp3) is 0.250. The van der Waals surface area contributed by atoms with Crippen molar-refractivity contribution in [2.24, 2.45) is 0 Å². The highest BCUT2D eigenvalue weighted by Gasteiger charge is 2.08. The van der Waals surface area contributed by atoms with Gasteiger partial charge in [-0.2, -0.15) is 0 Å². The van der Waals surface area contributed by atoms with Crippen LogP contribution in [0.5, 0.6) is 0 Å². The van der Waals surface area contributed by atoms with E-state index >= 15 is 0 Å². The van der Waals surface area contributed by atoms with Crippen LogP contribution in [-0.2, 0) is 12.2 Å². The molecule has 0 amide bonds. The minimum Gasteiger partial charge on any atom is -0.385 e. The molecule has 2 aromatic rings. The monoisotopic (exact) mass is 273 g/mol. The molecule has 0 aromatic heterocycles. The molecule has 1 heterocycles. The fourth-order valence-electron chi connectivity index (χ4n) is 2.33. The van der Waals surface area contributed by atoms with Crippen molar-refractivity contribution in [1.29, 1.82) is 0 Å². The van der Waals surface area contributed by atoms with Gasteiger partial charge in [0.25, 0.3) is 0 Å². The number of hydrogen-bond donors (Lipinski definition) is 1. The first kappa shape index (κ1) is 12.5. The van der Waals surface area contributed by atoms with Crippen LogP contribution in [-0.4, -0.2) is 6.54 Å². The molecule has 0 unspecified atom stereocenters. The van der Waals surface area contributed by atoms with Crippen molar-refractivity contribution in [3.8, 4) is 0 Å². The summed E-state index contributed by atoms with van der Waals surface area (Å²) in [6, 6.07) is 13.4. The summed E-state index contributed by atoms with van der Waals surface area (Å²) in [5, 5.41) is 3.41. The summed E-state index contributed by atoms with van der Waals surface area (Å²) >= 11 is 1.76. The molecule has 0 saturated carbocycles. The maximum absolute atomic E-state index is 13.1. The molecule has 1 nitrogen and oxygen atoms in total. The summed E-state index contributed by atoms with van der Waals surface area (Å²) in [6.45, 7) is 1.07. The lowest BCUT2D eigenvalue weighted by atomic mass is 10.0. The van der Waals surface area contributed by atoms with Crippen LogP contribution in [0.15, 0.2) is 47.4 Å². The van der Waals surface area contributed by atoms with E-state index in [-0.39, 0.29) is 5.82 Å². The third-order valence-electron chi connectivity index (χ3n) is 3.31. The van der Waals surface area contributed by atoms with Gasteiger partial charge in [0, 0.05) is 22.9 Å². The summed E-state index contributed by atoms with van der Waals surface area (Å²) in [6.07, 6.45) is 2.35. The van der Waals surface area contributed by atoms with E-state index in [4.69, 9.17) is 0 Å². The van der Waals surface area contributed by atoms with Crippen molar-refractivity contribution < 1.29 is 4.39 Å². The summed E-state index contributed by atoms with van der Waals surface area (Å²) in [7, 11) is 0. The highest BCUT2D eigenvalue weighted by Crippen LogP contribution is 2.29. The van der Waals surface area contributed by atoms with Crippen LogP contribution in [0.3, 0.4) is 0 Å². The number of rotatable bonds is 3. The number of halogens is 1. The van der Waals surface area contributed by atoms with E-state index in [2.05, 4.69) is 23.5 Å². The van der Waals surface area contributed by atoms with Gasteiger partial charge in [-0.3, -0.25) is 0 Å². The first-order chi connectivity index (χ1) is 9.31. The van der Waals surface area contributed by atoms with Gasteiger partial charge in [-0.25, -0.2) is 4.39 Å². The topological polar surface area (TPSA) is 12.0 Å². The molecule has 3 heteroatoms. The Morgan fingerprint density at radius 2 is 2.11 bits per heavy atom. The van der Waals surface area contributed by atoms with Gasteiger partial charge in [0.15, 0.2) is 0 Å². The third kappa shape index (κ3) is 3.10. The van der Waals surface area contributed by atoms with Crippen LogP contribution < -0.4 is 5.32 Å². The van der Waals surface area contributed by atoms with E-state index in [1.54, 1.807) is 23.9 Å². The van der Waals surface area contributed by atoms with Gasteiger partial charge < -0.3 is 5.32 Å². The molecule has 0 bridgehead atoms. The average molecular weight is 273 g/mol. The molecule has 0 saturated heterocycles. The molecule has 3 rings (SSSR count). The van der Waals surface area contributed by atoms with Gasteiger partial charge >= 0.3 is 0 Å². The summed E-state index contributed by atoms with van der Waals surface area (Å²) in [4.78, 5) is 1.26. The zero-order valence-electron chi connectivity index (χ0n) is 10.7. The van der Waals surface area contributed by atoms with Gasteiger partial charge in [-0.15, -0.1) is 11.8 Å². The Bertz CT molecular complexity index is 583. The number of nitrogens with one attached hydrogen (secondary N) is 1. The lowest BCUT2D eigenvalue weighted by Crippen LogP contribution is -2.11. The molecular formula is C16H16FNS. The van der Waals surface area contributed by atoms with Gasteiger partial charge in [0.2, 0.25) is 0 Å². The maximum Gasteiger partial charge on any atom is 0.123 e. The Labute approximate surface area is 117 Å². The SMILES string of the molecule is Fc1cccc(CSc2ccc3c(c2)CCCN3)c1. The molecule has 19 heavy (non-hydrogen) atoms. The van der Waals surface area contributed by atoms with Crippen LogP contribution in [0.4, 0.5) is 10.1 Å². The zero-order valence-corrected chi connectivity index (χ0v) is 11.5. The fourth-order valence-corrected chi connectivity index (χ4v) is 3.24. The average Bonchev–Trinajstić information content (AvgIpc) is 2.45. The Balaban J connectivity index is 1.70. The summed E-state index contributed by atoms with van der Waals surface area (Å²) in [5.74, 6) is 0.650. The molecule has 1 N–H and O–H groups in total. The number of benzene rings is 2. The molecular weight excluding hydrogens is 257 g/mol. The maximum atomic E-state index is 13.1. The molecule has 98 valence electrons. The highest BCUT2D eigenvalue weighted by atomic mass is 32.2. The van der Waals surface area contributed by atoms with Crippen molar-refractivity contribution >= 4 is 17.4 Å². The first-order valence-electron chi connectivity index (χ1n) is 6.55. The molecule has 0 fully saturated rings. The third-order valence-corrected chi connectivity index (χ3v) is 4.37. The van der Waals surface area contributed by atoms with E-state index in [1.807, 2.05) is 6.07 Å². The second kappa shape index (κ2) is 5.66. The Morgan fingerprint density at radius 1 is 1.16 bits per heavy atom. The molecule has 0 atom stereocenters. The Hall–Kier alpha value is -1.48. The van der Waals surface area contributed by atoms with Crippen molar-refractivity contribution in [2.75, 3.05) is 11.9 Å². The van der Waals surface area contributed by atoms with Crippen molar-refractivity contribution in [3.63, 3.8) is 0 Å². The number of hydrogen-bond acceptors (Lipinski definition) is 2. The van der Waals surface area contributed by atoms with Crippen LogP contribution in [0.2, 0.25) is 0 Å². The predicted molar refractivity (Wildman–Crippen MR) is 79.2 cm³/mol. The smallest absolute Gasteiger partial charge is 0.123 e. The molecule has 1 aliphatic heterocycles. The van der Waals surface area contributed by atoms with Gasteiger partial charge in [-0.1, -0.05) is 12.1 Å². The Kier molecular flexibility index (Phi) is 3.74. The second-order valence-electron chi connectivity index (χ2n) is 4.77. The lowest BCUT2D eigenvalue weighted by molar-refractivity contribution is 0.626. The number of anilines is 1.